The van der Waals surface area contributed by atoms with Crippen molar-refractivity contribution in [1.82, 2.24) is 5.32 Å². The zero-order chi connectivity index (χ0) is 25.7. The second-order valence-electron chi connectivity index (χ2n) is 7.81. The number of nitrogens with zero attached hydrogens (tertiary/aromatic N) is 1. The van der Waals surface area contributed by atoms with Crippen LogP contribution in [-0.4, -0.2) is 80.1 Å². The van der Waals surface area contributed by atoms with E-state index < -0.39 is 28.6 Å². The number of nitro benzene ring substituents is 1. The molecule has 1 atom stereocenters. The number of benzene rings is 1. The van der Waals surface area contributed by atoms with Crippen molar-refractivity contribution >= 4 is 29.5 Å². The molecule has 34 heavy (non-hydrogen) atoms. The van der Waals surface area contributed by atoms with Crippen LogP contribution in [0, 0.1) is 10.1 Å². The van der Waals surface area contributed by atoms with Gasteiger partial charge >= 0.3 is 12.1 Å². The number of esters is 1. The van der Waals surface area contributed by atoms with Crippen LogP contribution in [0.4, 0.5) is 10.5 Å². The molecule has 1 unspecified atom stereocenters. The Labute approximate surface area is 202 Å². The van der Waals surface area contributed by atoms with E-state index in [1.807, 2.05) is 0 Å². The molecule has 0 saturated heterocycles. The second kappa shape index (κ2) is 14.5. The molecule has 0 aromatic heterocycles. The van der Waals surface area contributed by atoms with Crippen LogP contribution < -0.4 is 14.8 Å². The number of aliphatic hydroxyl groups excluding tert-OH is 1. The van der Waals surface area contributed by atoms with E-state index >= 15 is 0 Å². The van der Waals surface area contributed by atoms with Gasteiger partial charge in [-0.15, -0.1) is 0 Å². The fourth-order valence-corrected chi connectivity index (χ4v) is 3.60. The Kier molecular flexibility index (Phi) is 12.5. The minimum absolute atomic E-state index is 0.0891. The van der Waals surface area contributed by atoms with Gasteiger partial charge in [-0.25, -0.2) is 9.59 Å². The first-order chi connectivity index (χ1) is 16.0. The van der Waals surface area contributed by atoms with Gasteiger partial charge in [0.25, 0.3) is 5.69 Å². The van der Waals surface area contributed by atoms with Crippen molar-refractivity contribution in [3.63, 3.8) is 0 Å². The first kappa shape index (κ1) is 29.3. The highest BCUT2D eigenvalue weighted by Crippen LogP contribution is 2.36. The Bertz CT molecular complexity index is 829. The van der Waals surface area contributed by atoms with Gasteiger partial charge in [0.1, 0.15) is 18.2 Å². The minimum Gasteiger partial charge on any atom is -0.493 e. The monoisotopic (exact) mass is 504 g/mol. The van der Waals surface area contributed by atoms with Gasteiger partial charge < -0.3 is 34.1 Å². The Morgan fingerprint density at radius 2 is 1.88 bits per heavy atom. The standard InChI is InChI=1S/C21H32N2O10S/c1-21(2,3)33-20(26)22-15(19(25)30-5)13-34-12-14-10-17(29-4)18(11-16(14)23(27)28)32-9-8-31-7-6-24/h10-11,15,24H,6-9,12-13H2,1-5H3,(H,22,26). The highest BCUT2D eigenvalue weighted by molar-refractivity contribution is 7.98. The van der Waals surface area contributed by atoms with E-state index in [1.54, 1.807) is 20.8 Å². The average molecular weight is 505 g/mol. The number of methoxy groups -OCH3 is 2. The summed E-state index contributed by atoms with van der Waals surface area (Å²) in [7, 11) is 2.60. The normalized spacial score (nSPS) is 11.9. The van der Waals surface area contributed by atoms with Crippen LogP contribution in [0.1, 0.15) is 26.3 Å². The number of hydrogen-bond acceptors (Lipinski definition) is 11. The molecule has 1 aromatic rings. The molecule has 1 amide bonds. The van der Waals surface area contributed by atoms with Crippen LogP contribution >= 0.6 is 11.8 Å². The number of nitro groups is 1. The number of alkyl carbamates (subject to hydrolysis) is 1. The van der Waals surface area contributed by atoms with Crippen molar-refractivity contribution in [3.05, 3.63) is 27.8 Å². The van der Waals surface area contributed by atoms with E-state index in [1.165, 1.54) is 38.1 Å². The summed E-state index contributed by atoms with van der Waals surface area (Å²) in [5.74, 6) is 0.0361. The third kappa shape index (κ3) is 10.4. The average Bonchev–Trinajstić information content (AvgIpc) is 2.76. The van der Waals surface area contributed by atoms with Crippen LogP contribution in [0.25, 0.3) is 0 Å². The van der Waals surface area contributed by atoms with Gasteiger partial charge in [-0.05, 0) is 26.8 Å². The summed E-state index contributed by atoms with van der Waals surface area (Å²) in [6.45, 7) is 5.41. The van der Waals surface area contributed by atoms with Gasteiger partial charge in [0.2, 0.25) is 0 Å². The van der Waals surface area contributed by atoms with Crippen LogP contribution in [0.5, 0.6) is 11.5 Å². The molecule has 0 saturated carbocycles. The summed E-state index contributed by atoms with van der Waals surface area (Å²) in [6, 6.07) is 1.74. The minimum atomic E-state index is -1.01. The molecule has 1 aromatic carbocycles. The molecular formula is C21H32N2O10S. The first-order valence-electron chi connectivity index (χ1n) is 10.3. The largest absolute Gasteiger partial charge is 0.493 e. The van der Waals surface area contributed by atoms with Crippen molar-refractivity contribution in [2.45, 2.75) is 38.2 Å². The third-order valence-electron chi connectivity index (χ3n) is 4.00. The van der Waals surface area contributed by atoms with Crippen molar-refractivity contribution in [2.75, 3.05) is 46.4 Å². The van der Waals surface area contributed by atoms with Crippen molar-refractivity contribution in [1.29, 1.82) is 0 Å². The van der Waals surface area contributed by atoms with E-state index in [-0.39, 0.29) is 49.4 Å². The molecule has 0 radical (unpaired) electrons. The fourth-order valence-electron chi connectivity index (χ4n) is 2.57. The molecule has 1 rings (SSSR count). The van der Waals surface area contributed by atoms with Crippen LogP contribution in [0.15, 0.2) is 12.1 Å². The fraction of sp³-hybridized carbons (Fsp3) is 0.619. The van der Waals surface area contributed by atoms with Gasteiger partial charge in [0.15, 0.2) is 11.5 Å². The molecule has 0 aliphatic carbocycles. The smallest absolute Gasteiger partial charge is 0.408 e. The maximum absolute atomic E-state index is 12.1. The lowest BCUT2D eigenvalue weighted by Crippen LogP contribution is -2.45. The lowest BCUT2D eigenvalue weighted by atomic mass is 10.2. The first-order valence-corrected chi connectivity index (χ1v) is 11.5. The summed E-state index contributed by atoms with van der Waals surface area (Å²) in [5.41, 5.74) is -0.588. The number of thioether (sulfide) groups is 1. The zero-order valence-electron chi connectivity index (χ0n) is 20.0. The van der Waals surface area contributed by atoms with Gasteiger partial charge in [-0.2, -0.15) is 11.8 Å². The summed E-state index contributed by atoms with van der Waals surface area (Å²) in [6.07, 6.45) is -0.777. The summed E-state index contributed by atoms with van der Waals surface area (Å²) < 4.78 is 25.8. The molecular weight excluding hydrogens is 472 g/mol. The lowest BCUT2D eigenvalue weighted by molar-refractivity contribution is -0.385. The highest BCUT2D eigenvalue weighted by Gasteiger charge is 2.26. The van der Waals surface area contributed by atoms with Crippen molar-refractivity contribution in [2.24, 2.45) is 0 Å². The molecule has 13 heteroatoms. The lowest BCUT2D eigenvalue weighted by Gasteiger charge is -2.22. The summed E-state index contributed by atoms with van der Waals surface area (Å²) in [4.78, 5) is 35.2. The summed E-state index contributed by atoms with van der Waals surface area (Å²) in [5, 5.41) is 22.8. The van der Waals surface area contributed by atoms with Gasteiger partial charge in [-0.3, -0.25) is 10.1 Å². The Morgan fingerprint density at radius 1 is 1.18 bits per heavy atom. The van der Waals surface area contributed by atoms with Crippen LogP contribution in [0.3, 0.4) is 0 Å². The number of rotatable bonds is 14. The molecule has 0 fully saturated rings. The predicted molar refractivity (Wildman–Crippen MR) is 124 cm³/mol. The van der Waals surface area contributed by atoms with Crippen molar-refractivity contribution in [3.8, 4) is 11.5 Å². The van der Waals surface area contributed by atoms with Crippen LogP contribution in [-0.2, 0) is 24.8 Å². The van der Waals surface area contributed by atoms with E-state index in [0.29, 0.717) is 11.3 Å². The van der Waals surface area contributed by atoms with E-state index in [4.69, 9.17) is 28.8 Å². The second-order valence-corrected chi connectivity index (χ2v) is 8.84. The molecule has 192 valence electrons. The topological polar surface area (TPSA) is 156 Å². The van der Waals surface area contributed by atoms with E-state index in [9.17, 15) is 19.7 Å². The Morgan fingerprint density at radius 3 is 2.44 bits per heavy atom. The maximum Gasteiger partial charge on any atom is 0.408 e. The third-order valence-corrected chi connectivity index (χ3v) is 5.09. The summed E-state index contributed by atoms with van der Waals surface area (Å²) >= 11 is 1.19. The van der Waals surface area contributed by atoms with Crippen LogP contribution in [0.2, 0.25) is 0 Å². The predicted octanol–water partition coefficient (Wildman–Crippen LogP) is 2.29. The number of hydrogen-bond donors (Lipinski definition) is 2. The molecule has 0 heterocycles. The Hall–Kier alpha value is -2.77. The van der Waals surface area contributed by atoms with E-state index in [0.717, 1.165) is 0 Å². The van der Waals surface area contributed by atoms with E-state index in [2.05, 4.69) is 5.32 Å². The van der Waals surface area contributed by atoms with Crippen molar-refractivity contribution < 1.29 is 43.3 Å². The Balaban J connectivity index is 2.89. The molecule has 2 N–H and O–H groups in total. The SMILES string of the molecule is COC(=O)C(CSCc1cc(OC)c(OCCOCCO)cc1[N+](=O)[O-])NC(=O)OC(C)(C)C. The zero-order valence-corrected chi connectivity index (χ0v) is 20.8. The molecule has 12 nitrogen and oxygen atoms in total. The number of aliphatic hydroxyl groups is 1. The number of carbonyl (C=O) groups excluding carboxylic acids is 2. The quantitative estimate of drug-likeness (QED) is 0.166. The van der Waals surface area contributed by atoms with Gasteiger partial charge in [0.05, 0.1) is 45.0 Å². The molecule has 0 aliphatic rings. The van der Waals surface area contributed by atoms with Gasteiger partial charge in [-0.1, -0.05) is 0 Å². The number of carbonyl (C=O) groups is 2. The highest BCUT2D eigenvalue weighted by atomic mass is 32.2. The number of amides is 1. The maximum atomic E-state index is 12.1. The number of nitrogens with one attached hydrogen (secondary N) is 1. The number of ether oxygens (including phenoxy) is 5. The van der Waals surface area contributed by atoms with Gasteiger partial charge in [0, 0.05) is 17.1 Å². The molecule has 0 spiro atoms. The molecule has 0 aliphatic heterocycles. The molecule has 0 bridgehead atoms.